The Morgan fingerprint density at radius 1 is 1.47 bits per heavy atom. The Balaban J connectivity index is 2.71. The van der Waals surface area contributed by atoms with E-state index in [-0.39, 0.29) is 23.9 Å². The minimum atomic E-state index is -0.326. The summed E-state index contributed by atoms with van der Waals surface area (Å²) in [6.07, 6.45) is 2.66. The van der Waals surface area contributed by atoms with Gasteiger partial charge < -0.3 is 10.2 Å². The van der Waals surface area contributed by atoms with Crippen LogP contribution in [0.1, 0.15) is 20.3 Å². The highest BCUT2D eigenvalue weighted by molar-refractivity contribution is 7.98. The average molecular weight is 230 g/mol. The molecule has 0 saturated carbocycles. The largest absolute Gasteiger partial charge is 0.343 e. The van der Waals surface area contributed by atoms with Crippen LogP contribution in [0.15, 0.2) is 0 Å². The molecule has 2 unspecified atom stereocenters. The van der Waals surface area contributed by atoms with Crippen LogP contribution in [-0.2, 0) is 9.59 Å². The number of thioether (sulfide) groups is 1. The standard InChI is InChI=1S/C10H18N2O2S/c1-4-8-10(14)12(5-6-15-3)7(2)9(13)11-8/h7-8H,4-6H2,1-3H3,(H,11,13). The molecule has 1 N–H and O–H groups in total. The number of nitrogens with one attached hydrogen (secondary N) is 1. The first-order valence-electron chi connectivity index (χ1n) is 5.21. The third kappa shape index (κ3) is 2.65. The Hall–Kier alpha value is -0.710. The molecule has 0 bridgehead atoms. The molecule has 4 nitrogen and oxygen atoms in total. The molecule has 1 rings (SSSR count). The third-order valence-electron chi connectivity index (χ3n) is 2.69. The van der Waals surface area contributed by atoms with Crippen molar-refractivity contribution in [2.75, 3.05) is 18.6 Å². The van der Waals surface area contributed by atoms with Gasteiger partial charge in [0.25, 0.3) is 0 Å². The van der Waals surface area contributed by atoms with Gasteiger partial charge in [-0.25, -0.2) is 0 Å². The summed E-state index contributed by atoms with van der Waals surface area (Å²) in [7, 11) is 0. The van der Waals surface area contributed by atoms with Crippen molar-refractivity contribution in [1.29, 1.82) is 0 Å². The molecule has 1 saturated heterocycles. The van der Waals surface area contributed by atoms with Gasteiger partial charge in [-0.2, -0.15) is 11.8 Å². The first-order chi connectivity index (χ1) is 7.11. The number of carbonyl (C=O) groups excluding carboxylic acids is 2. The third-order valence-corrected chi connectivity index (χ3v) is 3.28. The minimum Gasteiger partial charge on any atom is -0.343 e. The summed E-state index contributed by atoms with van der Waals surface area (Å²) in [5.74, 6) is 0.890. The van der Waals surface area contributed by atoms with E-state index in [9.17, 15) is 9.59 Å². The summed E-state index contributed by atoms with van der Waals surface area (Å²) >= 11 is 1.68. The molecule has 5 heteroatoms. The zero-order valence-corrected chi connectivity index (χ0v) is 10.3. The maximum Gasteiger partial charge on any atom is 0.245 e. The van der Waals surface area contributed by atoms with Crippen LogP contribution >= 0.6 is 11.8 Å². The average Bonchev–Trinajstić information content (AvgIpc) is 2.23. The van der Waals surface area contributed by atoms with Gasteiger partial charge in [-0.15, -0.1) is 0 Å². The Bertz CT molecular complexity index is 258. The number of amides is 2. The number of nitrogens with zero attached hydrogens (tertiary/aromatic N) is 1. The number of hydrogen-bond donors (Lipinski definition) is 1. The molecule has 1 aliphatic heterocycles. The van der Waals surface area contributed by atoms with Gasteiger partial charge >= 0.3 is 0 Å². The molecule has 0 aromatic carbocycles. The van der Waals surface area contributed by atoms with Crippen molar-refractivity contribution in [3.05, 3.63) is 0 Å². The van der Waals surface area contributed by atoms with E-state index in [4.69, 9.17) is 0 Å². The van der Waals surface area contributed by atoms with Crippen molar-refractivity contribution in [3.63, 3.8) is 0 Å². The highest BCUT2D eigenvalue weighted by Gasteiger charge is 2.36. The molecule has 0 spiro atoms. The van der Waals surface area contributed by atoms with E-state index < -0.39 is 0 Å². The van der Waals surface area contributed by atoms with Gasteiger partial charge in [0.05, 0.1) is 0 Å². The summed E-state index contributed by atoms with van der Waals surface area (Å²) in [5, 5.41) is 2.74. The van der Waals surface area contributed by atoms with Crippen LogP contribution in [0.3, 0.4) is 0 Å². The lowest BCUT2D eigenvalue weighted by Gasteiger charge is -2.37. The molecule has 0 aromatic heterocycles. The summed E-state index contributed by atoms with van der Waals surface area (Å²) < 4.78 is 0. The molecule has 1 fully saturated rings. The Labute approximate surface area is 94.8 Å². The lowest BCUT2D eigenvalue weighted by molar-refractivity contribution is -0.148. The Morgan fingerprint density at radius 2 is 2.13 bits per heavy atom. The van der Waals surface area contributed by atoms with E-state index in [1.807, 2.05) is 13.2 Å². The quantitative estimate of drug-likeness (QED) is 0.764. The predicted octanol–water partition coefficient (Wildman–Crippen LogP) is 0.475. The maximum atomic E-state index is 11.9. The molecular formula is C10H18N2O2S. The molecule has 0 aliphatic carbocycles. The van der Waals surface area contributed by atoms with Crippen molar-refractivity contribution >= 4 is 23.6 Å². The topological polar surface area (TPSA) is 49.4 Å². The van der Waals surface area contributed by atoms with E-state index in [1.54, 1.807) is 23.6 Å². The predicted molar refractivity (Wildman–Crippen MR) is 61.8 cm³/mol. The van der Waals surface area contributed by atoms with Crippen LogP contribution < -0.4 is 5.32 Å². The van der Waals surface area contributed by atoms with E-state index in [0.29, 0.717) is 13.0 Å². The fraction of sp³-hybridized carbons (Fsp3) is 0.800. The molecule has 2 atom stereocenters. The SMILES string of the molecule is CCC1NC(=O)C(C)N(CCSC)C1=O. The van der Waals surface area contributed by atoms with Crippen LogP contribution in [0.25, 0.3) is 0 Å². The fourth-order valence-corrected chi connectivity index (χ4v) is 2.04. The molecule has 0 radical (unpaired) electrons. The highest BCUT2D eigenvalue weighted by Crippen LogP contribution is 2.12. The van der Waals surface area contributed by atoms with Gasteiger partial charge in [0.2, 0.25) is 11.8 Å². The molecule has 1 heterocycles. The van der Waals surface area contributed by atoms with E-state index in [0.717, 1.165) is 5.75 Å². The van der Waals surface area contributed by atoms with Crippen molar-refractivity contribution < 1.29 is 9.59 Å². The molecule has 15 heavy (non-hydrogen) atoms. The second-order valence-electron chi connectivity index (χ2n) is 3.67. The molecule has 2 amide bonds. The monoisotopic (exact) mass is 230 g/mol. The summed E-state index contributed by atoms with van der Waals surface area (Å²) in [6, 6.07) is -0.650. The highest BCUT2D eigenvalue weighted by atomic mass is 32.2. The molecule has 1 aliphatic rings. The summed E-state index contributed by atoms with van der Waals surface area (Å²) in [6.45, 7) is 4.34. The smallest absolute Gasteiger partial charge is 0.245 e. The number of rotatable bonds is 4. The second kappa shape index (κ2) is 5.39. The van der Waals surface area contributed by atoms with Crippen LogP contribution in [-0.4, -0.2) is 47.4 Å². The van der Waals surface area contributed by atoms with Gasteiger partial charge in [-0.3, -0.25) is 9.59 Å². The summed E-state index contributed by atoms with van der Waals surface area (Å²) in [4.78, 5) is 25.2. The fourth-order valence-electron chi connectivity index (χ4n) is 1.66. The van der Waals surface area contributed by atoms with Gasteiger partial charge in [-0.05, 0) is 19.6 Å². The molecule has 86 valence electrons. The summed E-state index contributed by atoms with van der Waals surface area (Å²) in [5.41, 5.74) is 0. The number of carbonyl (C=O) groups is 2. The first kappa shape index (κ1) is 12.4. The van der Waals surface area contributed by atoms with Gasteiger partial charge in [0.15, 0.2) is 0 Å². The van der Waals surface area contributed by atoms with Crippen molar-refractivity contribution in [2.45, 2.75) is 32.4 Å². The first-order valence-corrected chi connectivity index (χ1v) is 6.61. The Morgan fingerprint density at radius 3 is 2.67 bits per heavy atom. The number of piperazine rings is 1. The minimum absolute atomic E-state index is 0.0393. The van der Waals surface area contributed by atoms with Gasteiger partial charge in [-0.1, -0.05) is 6.92 Å². The van der Waals surface area contributed by atoms with Crippen LogP contribution in [0, 0.1) is 0 Å². The Kier molecular flexibility index (Phi) is 4.45. The van der Waals surface area contributed by atoms with Crippen molar-refractivity contribution in [2.24, 2.45) is 0 Å². The normalized spacial score (nSPS) is 26.7. The van der Waals surface area contributed by atoms with Crippen molar-refractivity contribution in [3.8, 4) is 0 Å². The van der Waals surface area contributed by atoms with Gasteiger partial charge in [0, 0.05) is 12.3 Å². The number of hydrogen-bond acceptors (Lipinski definition) is 3. The lowest BCUT2D eigenvalue weighted by Crippen LogP contribution is -2.62. The van der Waals surface area contributed by atoms with E-state index in [2.05, 4.69) is 5.32 Å². The zero-order valence-electron chi connectivity index (χ0n) is 9.45. The van der Waals surface area contributed by atoms with Crippen LogP contribution in [0.4, 0.5) is 0 Å². The van der Waals surface area contributed by atoms with Crippen molar-refractivity contribution in [1.82, 2.24) is 10.2 Å². The van der Waals surface area contributed by atoms with Gasteiger partial charge in [0.1, 0.15) is 12.1 Å². The second-order valence-corrected chi connectivity index (χ2v) is 4.66. The van der Waals surface area contributed by atoms with E-state index >= 15 is 0 Å². The molecular weight excluding hydrogens is 212 g/mol. The van der Waals surface area contributed by atoms with E-state index in [1.165, 1.54) is 0 Å². The van der Waals surface area contributed by atoms with Crippen LogP contribution in [0.2, 0.25) is 0 Å². The molecule has 0 aromatic rings. The van der Waals surface area contributed by atoms with Crippen LogP contribution in [0.5, 0.6) is 0 Å². The maximum absolute atomic E-state index is 11.9. The lowest BCUT2D eigenvalue weighted by atomic mass is 10.1. The zero-order chi connectivity index (χ0) is 11.4.